The van der Waals surface area contributed by atoms with Gasteiger partial charge in [-0.1, -0.05) is 44.2 Å². The summed E-state index contributed by atoms with van der Waals surface area (Å²) in [4.78, 5) is 6.85. The number of anilines is 1. The molecule has 1 fully saturated rings. The summed E-state index contributed by atoms with van der Waals surface area (Å²) in [5.41, 5.74) is 2.40. The fraction of sp³-hybridized carbons (Fsp3) is 0.438. The lowest BCUT2D eigenvalue weighted by Gasteiger charge is -2.25. The van der Waals surface area contributed by atoms with Crippen molar-refractivity contribution in [3.05, 3.63) is 47.0 Å². The second-order valence-corrected chi connectivity index (χ2v) is 6.95. The highest BCUT2D eigenvalue weighted by Gasteiger charge is 2.40. The maximum atomic E-state index is 9.15. The molecule has 20 heavy (non-hydrogen) atoms. The molecule has 2 heterocycles. The Morgan fingerprint density at radius 2 is 2.10 bits per heavy atom. The molecule has 1 aliphatic heterocycles. The molecule has 4 heteroatoms. The van der Waals surface area contributed by atoms with Crippen LogP contribution in [-0.4, -0.2) is 23.2 Å². The third-order valence-corrected chi connectivity index (χ3v) is 5.07. The Hall–Kier alpha value is -1.39. The minimum atomic E-state index is 0.0237. The van der Waals surface area contributed by atoms with E-state index in [9.17, 15) is 0 Å². The molecule has 1 aromatic carbocycles. The molecule has 1 N–H and O–H groups in total. The fourth-order valence-corrected chi connectivity index (χ4v) is 3.86. The number of hydrogen-bond acceptors (Lipinski definition) is 4. The summed E-state index contributed by atoms with van der Waals surface area (Å²) in [5, 5.41) is 12.1. The standard InChI is InChI=1S/C16H20N2OS/c1-16(2)11-18(15-17-13(9-19)10-20-15)8-14(16)12-6-4-3-5-7-12/h3-7,10,14,19H,8-9,11H2,1-2H3. The van der Waals surface area contributed by atoms with Gasteiger partial charge in [-0.2, -0.15) is 0 Å². The van der Waals surface area contributed by atoms with Gasteiger partial charge < -0.3 is 10.0 Å². The van der Waals surface area contributed by atoms with E-state index in [0.29, 0.717) is 5.92 Å². The van der Waals surface area contributed by atoms with Crippen LogP contribution in [0.2, 0.25) is 0 Å². The molecule has 3 rings (SSSR count). The number of benzene rings is 1. The summed E-state index contributed by atoms with van der Waals surface area (Å²) in [6.45, 7) is 6.67. The number of aliphatic hydroxyl groups is 1. The Morgan fingerprint density at radius 3 is 2.75 bits per heavy atom. The lowest BCUT2D eigenvalue weighted by molar-refractivity contribution is 0.277. The average Bonchev–Trinajstić information content (AvgIpc) is 3.03. The maximum Gasteiger partial charge on any atom is 0.185 e. The van der Waals surface area contributed by atoms with Crippen molar-refractivity contribution in [3.8, 4) is 0 Å². The Labute approximate surface area is 123 Å². The van der Waals surface area contributed by atoms with Gasteiger partial charge in [-0.3, -0.25) is 0 Å². The van der Waals surface area contributed by atoms with Gasteiger partial charge in [0.05, 0.1) is 12.3 Å². The zero-order valence-electron chi connectivity index (χ0n) is 11.9. The molecular formula is C16H20N2OS. The van der Waals surface area contributed by atoms with E-state index in [4.69, 9.17) is 5.11 Å². The monoisotopic (exact) mass is 288 g/mol. The Balaban J connectivity index is 1.85. The molecule has 2 aromatic rings. The van der Waals surface area contributed by atoms with Crippen LogP contribution in [0, 0.1) is 5.41 Å². The van der Waals surface area contributed by atoms with E-state index in [0.717, 1.165) is 23.9 Å². The molecule has 0 radical (unpaired) electrons. The van der Waals surface area contributed by atoms with E-state index < -0.39 is 0 Å². The van der Waals surface area contributed by atoms with Crippen molar-refractivity contribution in [2.45, 2.75) is 26.4 Å². The van der Waals surface area contributed by atoms with E-state index in [1.54, 1.807) is 11.3 Å². The largest absolute Gasteiger partial charge is 0.390 e. The van der Waals surface area contributed by atoms with Crippen LogP contribution in [-0.2, 0) is 6.61 Å². The number of hydrogen-bond donors (Lipinski definition) is 1. The average molecular weight is 288 g/mol. The molecule has 1 atom stereocenters. The first-order valence-corrected chi connectivity index (χ1v) is 7.83. The highest BCUT2D eigenvalue weighted by molar-refractivity contribution is 7.13. The number of thiazole rings is 1. The summed E-state index contributed by atoms with van der Waals surface area (Å²) < 4.78 is 0. The van der Waals surface area contributed by atoms with Crippen molar-refractivity contribution in [1.82, 2.24) is 4.98 Å². The SMILES string of the molecule is CC1(C)CN(c2nc(CO)cs2)CC1c1ccccc1. The molecule has 0 spiro atoms. The molecular weight excluding hydrogens is 268 g/mol. The van der Waals surface area contributed by atoms with Gasteiger partial charge in [-0.05, 0) is 11.0 Å². The van der Waals surface area contributed by atoms with Gasteiger partial charge in [-0.25, -0.2) is 4.98 Å². The summed E-state index contributed by atoms with van der Waals surface area (Å²) in [6.07, 6.45) is 0. The van der Waals surface area contributed by atoms with Gasteiger partial charge in [0.2, 0.25) is 0 Å². The highest BCUT2D eigenvalue weighted by atomic mass is 32.1. The summed E-state index contributed by atoms with van der Waals surface area (Å²) in [7, 11) is 0. The smallest absolute Gasteiger partial charge is 0.185 e. The van der Waals surface area contributed by atoms with E-state index in [1.165, 1.54) is 5.56 Å². The molecule has 0 aliphatic carbocycles. The maximum absolute atomic E-state index is 9.15. The van der Waals surface area contributed by atoms with Gasteiger partial charge >= 0.3 is 0 Å². The van der Waals surface area contributed by atoms with E-state index in [-0.39, 0.29) is 12.0 Å². The number of aromatic nitrogens is 1. The highest BCUT2D eigenvalue weighted by Crippen LogP contribution is 2.44. The number of rotatable bonds is 3. The van der Waals surface area contributed by atoms with Crippen LogP contribution in [0.4, 0.5) is 5.13 Å². The Bertz CT molecular complexity index is 579. The third-order valence-electron chi connectivity index (χ3n) is 4.12. The van der Waals surface area contributed by atoms with Crippen LogP contribution in [0.3, 0.4) is 0 Å². The lowest BCUT2D eigenvalue weighted by atomic mass is 9.78. The van der Waals surface area contributed by atoms with Gasteiger partial charge in [-0.15, -0.1) is 11.3 Å². The molecule has 3 nitrogen and oxygen atoms in total. The summed E-state index contributed by atoms with van der Waals surface area (Å²) in [5.74, 6) is 0.519. The van der Waals surface area contributed by atoms with E-state index >= 15 is 0 Å². The van der Waals surface area contributed by atoms with Crippen LogP contribution in [0.5, 0.6) is 0 Å². The molecule has 0 amide bonds. The predicted octanol–water partition coefficient (Wildman–Crippen LogP) is 3.27. The minimum Gasteiger partial charge on any atom is -0.390 e. The molecule has 1 saturated heterocycles. The molecule has 0 bridgehead atoms. The van der Waals surface area contributed by atoms with Gasteiger partial charge in [0, 0.05) is 24.4 Å². The normalized spacial score (nSPS) is 21.4. The van der Waals surface area contributed by atoms with Crippen LogP contribution < -0.4 is 4.90 Å². The number of nitrogens with zero attached hydrogens (tertiary/aromatic N) is 2. The van der Waals surface area contributed by atoms with Crippen LogP contribution in [0.1, 0.15) is 31.0 Å². The first-order valence-electron chi connectivity index (χ1n) is 6.95. The van der Waals surface area contributed by atoms with Gasteiger partial charge in [0.1, 0.15) is 0 Å². The van der Waals surface area contributed by atoms with Crippen molar-refractivity contribution in [2.24, 2.45) is 5.41 Å². The summed E-state index contributed by atoms with van der Waals surface area (Å²) >= 11 is 1.62. The zero-order chi connectivity index (χ0) is 14.2. The van der Waals surface area contributed by atoms with E-state index in [2.05, 4.69) is 54.1 Å². The first-order chi connectivity index (χ1) is 9.60. The second-order valence-electron chi connectivity index (χ2n) is 6.11. The molecule has 1 unspecified atom stereocenters. The van der Waals surface area contributed by atoms with Crippen LogP contribution >= 0.6 is 11.3 Å². The zero-order valence-corrected chi connectivity index (χ0v) is 12.7. The summed E-state index contributed by atoms with van der Waals surface area (Å²) in [6, 6.07) is 10.7. The molecule has 1 aliphatic rings. The topological polar surface area (TPSA) is 36.4 Å². The van der Waals surface area contributed by atoms with Crippen molar-refractivity contribution >= 4 is 16.5 Å². The Morgan fingerprint density at radius 1 is 1.35 bits per heavy atom. The van der Waals surface area contributed by atoms with Crippen molar-refractivity contribution in [1.29, 1.82) is 0 Å². The molecule has 1 aromatic heterocycles. The first kappa shape index (κ1) is 13.6. The Kier molecular flexibility index (Phi) is 3.52. The van der Waals surface area contributed by atoms with Gasteiger partial charge in [0.15, 0.2) is 5.13 Å². The predicted molar refractivity (Wildman–Crippen MR) is 83.2 cm³/mol. The third kappa shape index (κ3) is 2.45. The van der Waals surface area contributed by atoms with Crippen molar-refractivity contribution in [2.75, 3.05) is 18.0 Å². The number of aliphatic hydroxyl groups excluding tert-OH is 1. The quantitative estimate of drug-likeness (QED) is 0.941. The molecule has 106 valence electrons. The van der Waals surface area contributed by atoms with E-state index in [1.807, 2.05) is 5.38 Å². The minimum absolute atomic E-state index is 0.0237. The second kappa shape index (κ2) is 5.19. The lowest BCUT2D eigenvalue weighted by Crippen LogP contribution is -2.23. The van der Waals surface area contributed by atoms with Crippen molar-refractivity contribution < 1.29 is 5.11 Å². The van der Waals surface area contributed by atoms with Crippen LogP contribution in [0.15, 0.2) is 35.7 Å². The fourth-order valence-electron chi connectivity index (χ4n) is 3.04. The van der Waals surface area contributed by atoms with Crippen molar-refractivity contribution in [3.63, 3.8) is 0 Å². The van der Waals surface area contributed by atoms with Gasteiger partial charge in [0.25, 0.3) is 0 Å². The van der Waals surface area contributed by atoms with Crippen LogP contribution in [0.25, 0.3) is 0 Å². The molecule has 0 saturated carbocycles.